The lowest BCUT2D eigenvalue weighted by Gasteiger charge is -2.15. The summed E-state index contributed by atoms with van der Waals surface area (Å²) in [6.07, 6.45) is 3.51. The van der Waals surface area contributed by atoms with E-state index in [0.717, 1.165) is 35.8 Å². The highest BCUT2D eigenvalue weighted by atomic mass is 16.5. The molecule has 0 atom stereocenters. The summed E-state index contributed by atoms with van der Waals surface area (Å²) in [5.41, 5.74) is 2.24. The Bertz CT molecular complexity index is 399. The molecular formula is C13H18N2O. The molecule has 0 spiro atoms. The van der Waals surface area contributed by atoms with Gasteiger partial charge in [-0.2, -0.15) is 0 Å². The number of nitrogens with one attached hydrogen (secondary N) is 1. The van der Waals surface area contributed by atoms with E-state index < -0.39 is 0 Å². The highest BCUT2D eigenvalue weighted by molar-refractivity contribution is 5.95. The van der Waals surface area contributed by atoms with Gasteiger partial charge in [0.05, 0.1) is 7.11 Å². The van der Waals surface area contributed by atoms with E-state index in [1.807, 2.05) is 19.1 Å². The van der Waals surface area contributed by atoms with Gasteiger partial charge in [0.15, 0.2) is 0 Å². The van der Waals surface area contributed by atoms with Crippen molar-refractivity contribution in [2.75, 3.05) is 19.0 Å². The van der Waals surface area contributed by atoms with E-state index >= 15 is 0 Å². The first-order valence-electron chi connectivity index (χ1n) is 5.74. The van der Waals surface area contributed by atoms with Gasteiger partial charge < -0.3 is 10.1 Å². The molecule has 0 amide bonds. The van der Waals surface area contributed by atoms with Crippen molar-refractivity contribution in [3.05, 3.63) is 23.8 Å². The van der Waals surface area contributed by atoms with E-state index in [2.05, 4.69) is 16.4 Å². The average Bonchev–Trinajstić information content (AvgIpc) is 2.31. The monoisotopic (exact) mass is 218 g/mol. The Morgan fingerprint density at radius 3 is 2.81 bits per heavy atom. The van der Waals surface area contributed by atoms with Crippen molar-refractivity contribution in [2.45, 2.75) is 26.2 Å². The van der Waals surface area contributed by atoms with Crippen molar-refractivity contribution in [1.82, 2.24) is 0 Å². The number of benzene rings is 1. The van der Waals surface area contributed by atoms with Gasteiger partial charge in [0, 0.05) is 18.7 Å². The van der Waals surface area contributed by atoms with Crippen LogP contribution in [0.15, 0.2) is 23.2 Å². The molecule has 0 unspecified atom stereocenters. The zero-order chi connectivity index (χ0) is 11.4. The standard InChI is InChI=1S/C13H18N2O/c1-10-9-11(6-7-12(10)16-2)15-13-5-3-4-8-14-13/h6-7,9H,3-5,8H2,1-2H3,(H,14,15). The molecule has 1 aromatic rings. The highest BCUT2D eigenvalue weighted by Gasteiger charge is 2.06. The van der Waals surface area contributed by atoms with E-state index in [0.29, 0.717) is 0 Å². The smallest absolute Gasteiger partial charge is 0.121 e. The summed E-state index contributed by atoms with van der Waals surface area (Å²) in [6.45, 7) is 3.00. The molecule has 86 valence electrons. The van der Waals surface area contributed by atoms with Crippen molar-refractivity contribution in [2.24, 2.45) is 4.99 Å². The molecule has 0 bridgehead atoms. The summed E-state index contributed by atoms with van der Waals surface area (Å²) < 4.78 is 5.23. The number of nitrogens with zero attached hydrogens (tertiary/aromatic N) is 1. The third-order valence-electron chi connectivity index (χ3n) is 2.81. The molecule has 1 N–H and O–H groups in total. The Morgan fingerprint density at radius 1 is 1.31 bits per heavy atom. The van der Waals surface area contributed by atoms with E-state index in [1.54, 1.807) is 7.11 Å². The molecule has 1 aliphatic heterocycles. The maximum absolute atomic E-state index is 5.23. The van der Waals surface area contributed by atoms with Gasteiger partial charge in [-0.25, -0.2) is 0 Å². The first kappa shape index (κ1) is 11.0. The number of methoxy groups -OCH3 is 1. The van der Waals surface area contributed by atoms with Gasteiger partial charge in [-0.3, -0.25) is 4.99 Å². The van der Waals surface area contributed by atoms with Crippen LogP contribution in [0.5, 0.6) is 5.75 Å². The summed E-state index contributed by atoms with van der Waals surface area (Å²) in [6, 6.07) is 6.11. The van der Waals surface area contributed by atoms with Gasteiger partial charge in [0.2, 0.25) is 0 Å². The molecule has 3 nitrogen and oxygen atoms in total. The van der Waals surface area contributed by atoms with Crippen LogP contribution in [-0.4, -0.2) is 19.5 Å². The van der Waals surface area contributed by atoms with E-state index in [1.165, 1.54) is 12.8 Å². The number of ether oxygens (including phenoxy) is 1. The third kappa shape index (κ3) is 2.54. The number of aliphatic imine (C=N–C) groups is 1. The molecule has 16 heavy (non-hydrogen) atoms. The third-order valence-corrected chi connectivity index (χ3v) is 2.81. The van der Waals surface area contributed by atoms with Crippen molar-refractivity contribution in [3.8, 4) is 5.75 Å². The SMILES string of the molecule is COc1ccc(NC2=NCCCC2)cc1C. The molecule has 0 aliphatic carbocycles. The Morgan fingerprint density at radius 2 is 2.19 bits per heavy atom. The molecule has 0 aromatic heterocycles. The van der Waals surface area contributed by atoms with Crippen molar-refractivity contribution in [1.29, 1.82) is 0 Å². The van der Waals surface area contributed by atoms with Gasteiger partial charge in [-0.15, -0.1) is 0 Å². The summed E-state index contributed by atoms with van der Waals surface area (Å²) in [5, 5.41) is 3.37. The largest absolute Gasteiger partial charge is 0.496 e. The lowest BCUT2D eigenvalue weighted by Crippen LogP contribution is -2.16. The van der Waals surface area contributed by atoms with Gasteiger partial charge in [0.1, 0.15) is 11.6 Å². The maximum Gasteiger partial charge on any atom is 0.121 e. The summed E-state index contributed by atoms with van der Waals surface area (Å²) >= 11 is 0. The van der Waals surface area contributed by atoms with Gasteiger partial charge >= 0.3 is 0 Å². The number of hydrogen-bond acceptors (Lipinski definition) is 3. The topological polar surface area (TPSA) is 33.6 Å². The Hall–Kier alpha value is -1.51. The first-order chi connectivity index (χ1) is 7.79. The number of rotatable bonds is 2. The predicted molar refractivity (Wildman–Crippen MR) is 67.5 cm³/mol. The highest BCUT2D eigenvalue weighted by Crippen LogP contribution is 2.22. The molecular weight excluding hydrogens is 200 g/mol. The van der Waals surface area contributed by atoms with Crippen molar-refractivity contribution in [3.63, 3.8) is 0 Å². The zero-order valence-corrected chi connectivity index (χ0v) is 9.92. The second-order valence-corrected chi connectivity index (χ2v) is 4.09. The molecule has 0 saturated carbocycles. The van der Waals surface area contributed by atoms with Crippen LogP contribution in [0.1, 0.15) is 24.8 Å². The minimum atomic E-state index is 0.927. The Balaban J connectivity index is 2.09. The number of anilines is 1. The van der Waals surface area contributed by atoms with Gasteiger partial charge in [-0.1, -0.05) is 0 Å². The van der Waals surface area contributed by atoms with E-state index in [9.17, 15) is 0 Å². The fourth-order valence-electron chi connectivity index (χ4n) is 1.92. The Labute approximate surface area is 96.5 Å². The maximum atomic E-state index is 5.23. The van der Waals surface area contributed by atoms with Crippen molar-refractivity contribution >= 4 is 11.5 Å². The first-order valence-corrected chi connectivity index (χ1v) is 5.74. The van der Waals surface area contributed by atoms with Crippen molar-refractivity contribution < 1.29 is 4.74 Å². The lowest BCUT2D eigenvalue weighted by atomic mass is 10.1. The van der Waals surface area contributed by atoms with Gasteiger partial charge in [0.25, 0.3) is 0 Å². The Kier molecular flexibility index (Phi) is 3.44. The molecule has 0 saturated heterocycles. The second kappa shape index (κ2) is 5.01. The van der Waals surface area contributed by atoms with E-state index in [-0.39, 0.29) is 0 Å². The zero-order valence-electron chi connectivity index (χ0n) is 9.92. The normalized spacial score (nSPS) is 15.5. The molecule has 1 heterocycles. The molecule has 3 heteroatoms. The van der Waals surface area contributed by atoms with Crippen LogP contribution < -0.4 is 10.1 Å². The molecule has 0 fully saturated rings. The lowest BCUT2D eigenvalue weighted by molar-refractivity contribution is 0.412. The van der Waals surface area contributed by atoms with Crippen LogP contribution in [0.4, 0.5) is 5.69 Å². The van der Waals surface area contributed by atoms with Crippen LogP contribution in [0, 0.1) is 6.92 Å². The number of hydrogen-bond donors (Lipinski definition) is 1. The van der Waals surface area contributed by atoms with Crippen LogP contribution in [0.3, 0.4) is 0 Å². The van der Waals surface area contributed by atoms with Crippen LogP contribution in [0.2, 0.25) is 0 Å². The minimum Gasteiger partial charge on any atom is -0.496 e. The average molecular weight is 218 g/mol. The summed E-state index contributed by atoms with van der Waals surface area (Å²) in [4.78, 5) is 4.47. The van der Waals surface area contributed by atoms with Gasteiger partial charge in [-0.05, 0) is 43.5 Å². The van der Waals surface area contributed by atoms with Crippen LogP contribution in [0.25, 0.3) is 0 Å². The van der Waals surface area contributed by atoms with E-state index in [4.69, 9.17) is 4.74 Å². The molecule has 2 rings (SSSR count). The fourth-order valence-corrected chi connectivity index (χ4v) is 1.92. The minimum absolute atomic E-state index is 0.927. The molecule has 0 radical (unpaired) electrons. The molecule has 1 aromatic carbocycles. The number of aryl methyl sites for hydroxylation is 1. The predicted octanol–water partition coefficient (Wildman–Crippen LogP) is 3.00. The fraction of sp³-hybridized carbons (Fsp3) is 0.462. The van der Waals surface area contributed by atoms with Crippen LogP contribution >= 0.6 is 0 Å². The quantitative estimate of drug-likeness (QED) is 0.828. The molecule has 1 aliphatic rings. The summed E-state index contributed by atoms with van der Waals surface area (Å²) in [5.74, 6) is 2.03. The second-order valence-electron chi connectivity index (χ2n) is 4.09. The number of amidine groups is 1. The summed E-state index contributed by atoms with van der Waals surface area (Å²) in [7, 11) is 1.70. The van der Waals surface area contributed by atoms with Crippen LogP contribution in [-0.2, 0) is 0 Å².